The van der Waals surface area contributed by atoms with Crippen molar-refractivity contribution in [3.63, 3.8) is 0 Å². The third-order valence-electron chi connectivity index (χ3n) is 4.00. The molecule has 0 bridgehead atoms. The van der Waals surface area contributed by atoms with Gasteiger partial charge in [-0.15, -0.1) is 0 Å². The Morgan fingerprint density at radius 2 is 2.10 bits per heavy atom. The molecule has 3 heterocycles. The van der Waals surface area contributed by atoms with Gasteiger partial charge < -0.3 is 14.6 Å². The largest absolute Gasteiger partial charge is 0.467 e. The molecule has 0 radical (unpaired) electrons. The van der Waals surface area contributed by atoms with Crippen LogP contribution < -0.4 is 10.1 Å². The van der Waals surface area contributed by atoms with Crippen LogP contribution in [-0.4, -0.2) is 32.7 Å². The summed E-state index contributed by atoms with van der Waals surface area (Å²) >= 11 is 1.52. The van der Waals surface area contributed by atoms with E-state index in [1.807, 2.05) is 18.7 Å². The van der Waals surface area contributed by atoms with Crippen molar-refractivity contribution in [3.8, 4) is 5.19 Å². The van der Waals surface area contributed by atoms with Crippen molar-refractivity contribution < 1.29 is 4.74 Å². The van der Waals surface area contributed by atoms with Crippen LogP contribution in [0.25, 0.3) is 21.4 Å². The molecule has 21 heavy (non-hydrogen) atoms. The predicted octanol–water partition coefficient (Wildman–Crippen LogP) is 2.94. The quantitative estimate of drug-likeness (QED) is 0.806. The molecule has 3 aromatic rings. The molecule has 0 amide bonds. The number of nitrogens with zero attached hydrogens (tertiary/aromatic N) is 4. The molecule has 1 aliphatic rings. The molecule has 1 saturated carbocycles. The highest BCUT2D eigenvalue weighted by molar-refractivity contribution is 7.20. The fourth-order valence-electron chi connectivity index (χ4n) is 2.93. The van der Waals surface area contributed by atoms with Gasteiger partial charge in [0, 0.05) is 14.1 Å². The highest BCUT2D eigenvalue weighted by Crippen LogP contribution is 2.35. The summed E-state index contributed by atoms with van der Waals surface area (Å²) in [5, 5.41) is 3.83. The van der Waals surface area contributed by atoms with Crippen molar-refractivity contribution in [2.45, 2.75) is 31.8 Å². The molecule has 1 N–H and O–H groups in total. The standard InChI is InChI=1S/C14H17N5OS/c1-15-12-9-11(19(2)7-16-9)10-13(18-12)21-14(17-10)20-8-5-3-4-6-8/h7-8H,3-6H2,1-2H3,(H,15,18). The summed E-state index contributed by atoms with van der Waals surface area (Å²) in [7, 11) is 3.84. The third kappa shape index (κ3) is 2.03. The maximum atomic E-state index is 6.02. The van der Waals surface area contributed by atoms with E-state index in [4.69, 9.17) is 4.74 Å². The van der Waals surface area contributed by atoms with Crippen molar-refractivity contribution in [1.29, 1.82) is 0 Å². The topological polar surface area (TPSA) is 64.9 Å². The van der Waals surface area contributed by atoms with E-state index in [0.29, 0.717) is 6.10 Å². The molecule has 3 aromatic heterocycles. The lowest BCUT2D eigenvalue weighted by Gasteiger charge is -2.08. The summed E-state index contributed by atoms with van der Waals surface area (Å²) < 4.78 is 8.00. The Morgan fingerprint density at radius 1 is 1.29 bits per heavy atom. The number of anilines is 1. The van der Waals surface area contributed by atoms with Crippen LogP contribution in [0, 0.1) is 0 Å². The second-order valence-electron chi connectivity index (χ2n) is 5.42. The summed E-state index contributed by atoms with van der Waals surface area (Å²) in [5.74, 6) is 0.786. The average molecular weight is 303 g/mol. The van der Waals surface area contributed by atoms with Crippen molar-refractivity contribution in [2.24, 2.45) is 7.05 Å². The minimum atomic E-state index is 0.316. The Kier molecular flexibility index (Phi) is 2.95. The molecule has 0 unspecified atom stereocenters. The van der Waals surface area contributed by atoms with Gasteiger partial charge in [0.15, 0.2) is 10.6 Å². The highest BCUT2D eigenvalue weighted by Gasteiger charge is 2.21. The number of thiazole rings is 1. The zero-order chi connectivity index (χ0) is 14.4. The summed E-state index contributed by atoms with van der Waals surface area (Å²) in [6.45, 7) is 0. The molecule has 1 aliphatic carbocycles. The molecule has 4 rings (SSSR count). The van der Waals surface area contributed by atoms with Crippen LogP contribution in [0.2, 0.25) is 0 Å². The first-order valence-corrected chi connectivity index (χ1v) is 8.04. The number of fused-ring (bicyclic) bond motifs is 3. The molecule has 0 aromatic carbocycles. The first-order valence-electron chi connectivity index (χ1n) is 7.22. The number of pyridine rings is 1. The number of ether oxygens (including phenoxy) is 1. The first kappa shape index (κ1) is 12.8. The number of aryl methyl sites for hydroxylation is 1. The molecule has 110 valence electrons. The Labute approximate surface area is 126 Å². The second-order valence-corrected chi connectivity index (χ2v) is 6.36. The van der Waals surface area contributed by atoms with E-state index in [1.54, 1.807) is 6.33 Å². The van der Waals surface area contributed by atoms with E-state index in [9.17, 15) is 0 Å². The third-order valence-corrected chi connectivity index (χ3v) is 4.84. The van der Waals surface area contributed by atoms with Crippen LogP contribution in [0.5, 0.6) is 5.19 Å². The number of hydrogen-bond acceptors (Lipinski definition) is 6. The van der Waals surface area contributed by atoms with E-state index in [0.717, 1.165) is 45.2 Å². The van der Waals surface area contributed by atoms with E-state index in [2.05, 4.69) is 20.3 Å². The van der Waals surface area contributed by atoms with Crippen LogP contribution >= 0.6 is 11.3 Å². The molecule has 6 nitrogen and oxygen atoms in total. The van der Waals surface area contributed by atoms with Crippen molar-refractivity contribution in [2.75, 3.05) is 12.4 Å². The number of imidazole rings is 1. The normalized spacial score (nSPS) is 16.1. The molecule has 0 spiro atoms. The van der Waals surface area contributed by atoms with Crippen LogP contribution in [0.4, 0.5) is 5.82 Å². The van der Waals surface area contributed by atoms with Crippen LogP contribution in [0.1, 0.15) is 25.7 Å². The lowest BCUT2D eigenvalue weighted by molar-refractivity contribution is 0.209. The number of rotatable bonds is 3. The van der Waals surface area contributed by atoms with Crippen LogP contribution in [0.15, 0.2) is 6.33 Å². The molecule has 0 aliphatic heterocycles. The number of aromatic nitrogens is 4. The zero-order valence-electron chi connectivity index (χ0n) is 12.1. The maximum Gasteiger partial charge on any atom is 0.276 e. The van der Waals surface area contributed by atoms with E-state index < -0.39 is 0 Å². The number of nitrogens with one attached hydrogen (secondary N) is 1. The predicted molar refractivity (Wildman–Crippen MR) is 84.1 cm³/mol. The fourth-order valence-corrected chi connectivity index (χ4v) is 3.80. The van der Waals surface area contributed by atoms with Gasteiger partial charge in [-0.1, -0.05) is 11.3 Å². The minimum Gasteiger partial charge on any atom is -0.467 e. The molecule has 1 fully saturated rings. The van der Waals surface area contributed by atoms with Crippen molar-refractivity contribution >= 4 is 38.5 Å². The first-order chi connectivity index (χ1) is 10.3. The van der Waals surface area contributed by atoms with Crippen LogP contribution in [0.3, 0.4) is 0 Å². The maximum absolute atomic E-state index is 6.02. The number of hydrogen-bond donors (Lipinski definition) is 1. The van der Waals surface area contributed by atoms with Gasteiger partial charge in [-0.2, -0.15) is 4.98 Å². The summed E-state index contributed by atoms with van der Waals surface area (Å²) in [5.41, 5.74) is 2.73. The molecule has 7 heteroatoms. The zero-order valence-corrected chi connectivity index (χ0v) is 12.9. The van der Waals surface area contributed by atoms with Gasteiger partial charge >= 0.3 is 0 Å². The lowest BCUT2D eigenvalue weighted by Crippen LogP contribution is -2.10. The highest BCUT2D eigenvalue weighted by atomic mass is 32.1. The fraction of sp³-hybridized carbons (Fsp3) is 0.500. The van der Waals surface area contributed by atoms with Gasteiger partial charge in [-0.05, 0) is 25.7 Å². The van der Waals surface area contributed by atoms with Crippen LogP contribution in [-0.2, 0) is 7.05 Å². The van der Waals surface area contributed by atoms with Gasteiger partial charge in [0.2, 0.25) is 0 Å². The van der Waals surface area contributed by atoms with Gasteiger partial charge in [0.05, 0.1) is 6.33 Å². The monoisotopic (exact) mass is 303 g/mol. The molecular formula is C14H17N5OS. The van der Waals surface area contributed by atoms with Gasteiger partial charge in [-0.3, -0.25) is 0 Å². The van der Waals surface area contributed by atoms with Crippen molar-refractivity contribution in [1.82, 2.24) is 19.5 Å². The van der Waals surface area contributed by atoms with Gasteiger partial charge in [0.1, 0.15) is 22.7 Å². The Morgan fingerprint density at radius 3 is 2.86 bits per heavy atom. The summed E-state index contributed by atoms with van der Waals surface area (Å²) in [6.07, 6.45) is 6.88. The average Bonchev–Trinajstić information content (AvgIpc) is 3.18. The summed E-state index contributed by atoms with van der Waals surface area (Å²) in [4.78, 5) is 14.6. The van der Waals surface area contributed by atoms with Crippen molar-refractivity contribution in [3.05, 3.63) is 6.33 Å². The Bertz CT molecular complexity index is 803. The van der Waals surface area contributed by atoms with E-state index in [1.165, 1.54) is 24.2 Å². The summed E-state index contributed by atoms with van der Waals surface area (Å²) in [6, 6.07) is 0. The molecular weight excluding hydrogens is 286 g/mol. The van der Waals surface area contributed by atoms with E-state index in [-0.39, 0.29) is 0 Å². The molecule has 0 saturated heterocycles. The minimum absolute atomic E-state index is 0.316. The smallest absolute Gasteiger partial charge is 0.276 e. The van der Waals surface area contributed by atoms with Gasteiger partial charge in [-0.25, -0.2) is 9.97 Å². The second kappa shape index (κ2) is 4.84. The van der Waals surface area contributed by atoms with E-state index >= 15 is 0 Å². The molecule has 0 atom stereocenters. The Hall–Kier alpha value is -1.89. The Balaban J connectivity index is 1.85. The SMILES string of the molecule is CNc1nc2sc(OC3CCCC3)nc2c2c1ncn2C. The lowest BCUT2D eigenvalue weighted by atomic mass is 10.3. The van der Waals surface area contributed by atoms with Gasteiger partial charge in [0.25, 0.3) is 5.19 Å².